The molecule has 1 amide bonds. The van der Waals surface area contributed by atoms with Crippen molar-refractivity contribution in [3.8, 4) is 0 Å². The monoisotopic (exact) mass is 892 g/mol. The Morgan fingerprint density at radius 1 is 0.590 bits per heavy atom. The average Bonchev–Trinajstić information content (AvgIpc) is 3.22. The van der Waals surface area contributed by atoms with Crippen molar-refractivity contribution >= 4 is 19.7 Å². The molecule has 1 fully saturated rings. The fourth-order valence-electron chi connectivity index (χ4n) is 8.62. The number of phosphoric acid groups is 1. The molecule has 1 heterocycles. The summed E-state index contributed by atoms with van der Waals surface area (Å²) >= 11 is 0. The number of nitrogens with one attached hydrogen (secondary N) is 1. The number of phosphoric ester groups is 1. The normalized spacial score (nSPS) is 20.4. The lowest BCUT2D eigenvalue weighted by Gasteiger charge is -2.44. The van der Waals surface area contributed by atoms with Gasteiger partial charge in [0.05, 0.1) is 25.0 Å². The molecule has 0 spiro atoms. The van der Waals surface area contributed by atoms with Gasteiger partial charge in [-0.1, -0.05) is 220 Å². The number of aliphatic hydroxyl groups is 3. The molecule has 1 saturated heterocycles. The molecule has 1 rings (SSSR count). The SMILES string of the molecule is CCCCCCCCCCCCCC[C@H](CCCCCCCCCCCC)C(=O)O[C@@H]1[C@H](NC(=O)C[C@H](O)CCCCCCCCCCC)[C@@H](O)O[C@H](CO)[C@H]1OP(=O)(O)O. The van der Waals surface area contributed by atoms with Crippen LogP contribution in [0, 0.1) is 5.92 Å². The molecule has 1 aliphatic heterocycles. The second kappa shape index (κ2) is 38.2. The molecule has 0 unspecified atom stereocenters. The summed E-state index contributed by atoms with van der Waals surface area (Å²) in [4.78, 5) is 47.1. The molecule has 6 N–H and O–H groups in total. The van der Waals surface area contributed by atoms with Crippen LogP contribution in [0.5, 0.6) is 0 Å². The lowest BCUT2D eigenvalue weighted by atomic mass is 9.92. The van der Waals surface area contributed by atoms with Gasteiger partial charge in [0, 0.05) is 0 Å². The smallest absolute Gasteiger partial charge is 0.457 e. The zero-order valence-electron chi connectivity index (χ0n) is 39.1. The number of ether oxygens (including phenoxy) is 2. The summed E-state index contributed by atoms with van der Waals surface area (Å²) in [5.74, 6) is -1.75. The molecule has 12 nitrogen and oxygen atoms in total. The van der Waals surface area contributed by atoms with Crippen LogP contribution in [0.15, 0.2) is 0 Å². The van der Waals surface area contributed by atoms with E-state index in [1.165, 1.54) is 122 Å². The number of hydrogen-bond donors (Lipinski definition) is 6. The van der Waals surface area contributed by atoms with E-state index < -0.39 is 69.0 Å². The molecule has 0 aromatic carbocycles. The van der Waals surface area contributed by atoms with Crippen LogP contribution >= 0.6 is 7.82 Å². The van der Waals surface area contributed by atoms with Crippen LogP contribution < -0.4 is 5.32 Å². The van der Waals surface area contributed by atoms with Crippen molar-refractivity contribution in [3.63, 3.8) is 0 Å². The third-order valence-corrected chi connectivity index (χ3v) is 12.9. The number of carbonyl (C=O) groups is 2. The number of esters is 1. The van der Waals surface area contributed by atoms with Crippen molar-refractivity contribution in [3.05, 3.63) is 0 Å². The Kier molecular flexibility index (Phi) is 36.3. The van der Waals surface area contributed by atoms with Gasteiger partial charge in [0.15, 0.2) is 12.4 Å². The van der Waals surface area contributed by atoms with Gasteiger partial charge in [-0.05, 0) is 19.3 Å². The van der Waals surface area contributed by atoms with Crippen LogP contribution in [0.3, 0.4) is 0 Å². The van der Waals surface area contributed by atoms with Gasteiger partial charge in [-0.15, -0.1) is 0 Å². The minimum Gasteiger partial charge on any atom is -0.457 e. The van der Waals surface area contributed by atoms with Gasteiger partial charge in [0.2, 0.25) is 5.91 Å². The maximum Gasteiger partial charge on any atom is 0.470 e. The second-order valence-electron chi connectivity index (χ2n) is 18.1. The fraction of sp³-hybridized carbons (Fsp3) is 0.958. The van der Waals surface area contributed by atoms with E-state index in [2.05, 4.69) is 26.1 Å². The summed E-state index contributed by atoms with van der Waals surface area (Å²) in [6.45, 7) is 5.86. The van der Waals surface area contributed by atoms with Gasteiger partial charge in [0.1, 0.15) is 18.2 Å². The summed E-state index contributed by atoms with van der Waals surface area (Å²) in [7, 11) is -5.22. The quantitative estimate of drug-likeness (QED) is 0.0194. The van der Waals surface area contributed by atoms with E-state index >= 15 is 0 Å². The number of hydrogen-bond acceptors (Lipinski definition) is 9. The molecular formula is C48H94NO11P. The Morgan fingerprint density at radius 3 is 1.31 bits per heavy atom. The van der Waals surface area contributed by atoms with Crippen molar-refractivity contribution in [1.29, 1.82) is 0 Å². The molecule has 7 atom stereocenters. The average molecular weight is 892 g/mol. The van der Waals surface area contributed by atoms with E-state index in [1.807, 2.05) is 0 Å². The molecule has 0 aliphatic carbocycles. The third-order valence-electron chi connectivity index (χ3n) is 12.4. The predicted octanol–water partition coefficient (Wildman–Crippen LogP) is 11.3. The number of rotatable bonds is 42. The Balaban J connectivity index is 2.94. The van der Waals surface area contributed by atoms with Gasteiger partial charge in [-0.2, -0.15) is 0 Å². The van der Waals surface area contributed by atoms with Crippen LogP contribution in [-0.4, -0.2) is 80.3 Å². The number of carbonyl (C=O) groups excluding carboxylic acids is 2. The van der Waals surface area contributed by atoms with Gasteiger partial charge < -0.3 is 39.9 Å². The van der Waals surface area contributed by atoms with Crippen molar-refractivity contribution in [1.82, 2.24) is 5.32 Å². The molecular weight excluding hydrogens is 797 g/mol. The van der Waals surface area contributed by atoms with Gasteiger partial charge >= 0.3 is 13.8 Å². The molecule has 13 heteroatoms. The highest BCUT2D eigenvalue weighted by molar-refractivity contribution is 7.46. The molecule has 362 valence electrons. The largest absolute Gasteiger partial charge is 0.470 e. The Labute approximate surface area is 372 Å². The molecule has 0 saturated carbocycles. The van der Waals surface area contributed by atoms with Gasteiger partial charge in [-0.25, -0.2) is 4.57 Å². The zero-order valence-corrected chi connectivity index (χ0v) is 40.0. The van der Waals surface area contributed by atoms with Crippen LogP contribution in [0.1, 0.15) is 245 Å². The van der Waals surface area contributed by atoms with E-state index in [4.69, 9.17) is 14.0 Å². The summed E-state index contributed by atoms with van der Waals surface area (Å²) in [5.41, 5.74) is 0. The molecule has 61 heavy (non-hydrogen) atoms. The zero-order chi connectivity index (χ0) is 45.0. The fourth-order valence-corrected chi connectivity index (χ4v) is 9.19. The number of amides is 1. The lowest BCUT2D eigenvalue weighted by molar-refractivity contribution is -0.257. The van der Waals surface area contributed by atoms with E-state index in [-0.39, 0.29) is 6.42 Å². The highest BCUT2D eigenvalue weighted by Crippen LogP contribution is 2.42. The van der Waals surface area contributed by atoms with Crippen LogP contribution in [-0.2, 0) is 28.2 Å². The standard InChI is InChI=1S/C48H94NO11P/c1-4-7-10-13-16-19-21-22-25-27-30-33-36-40(35-32-29-26-24-20-17-14-11-8-5-2)47(53)59-46-44(48(54)58-42(39-50)45(46)60-61(55,56)57)49-43(52)38-41(51)37-34-31-28-23-18-15-12-9-6-3/h40-42,44-46,48,50-51,54H,4-39H2,1-3H3,(H,49,52)(H2,55,56,57)/t40-,41+,42+,44-,45+,46+,48-/m0/s1. The topological polar surface area (TPSA) is 192 Å². The molecule has 0 bridgehead atoms. The molecule has 1 aliphatic rings. The lowest BCUT2D eigenvalue weighted by Crippen LogP contribution is -2.66. The Bertz CT molecular complexity index is 1090. The molecule has 0 aromatic heterocycles. The first kappa shape index (κ1) is 57.9. The number of aliphatic hydroxyl groups excluding tert-OH is 3. The van der Waals surface area contributed by atoms with E-state index in [9.17, 15) is 39.3 Å². The maximum atomic E-state index is 14.1. The van der Waals surface area contributed by atoms with E-state index in [0.717, 1.165) is 77.0 Å². The van der Waals surface area contributed by atoms with Crippen molar-refractivity contribution < 1.29 is 53.3 Å². The van der Waals surface area contributed by atoms with Crippen LogP contribution in [0.2, 0.25) is 0 Å². The second-order valence-corrected chi connectivity index (χ2v) is 19.3. The summed E-state index contributed by atoms with van der Waals surface area (Å²) in [5, 5.41) is 34.5. The van der Waals surface area contributed by atoms with E-state index in [0.29, 0.717) is 19.3 Å². The molecule has 0 radical (unpaired) electrons. The van der Waals surface area contributed by atoms with Gasteiger partial charge in [0.25, 0.3) is 0 Å². The first-order chi connectivity index (χ1) is 29.5. The predicted molar refractivity (Wildman–Crippen MR) is 245 cm³/mol. The van der Waals surface area contributed by atoms with Crippen LogP contribution in [0.4, 0.5) is 0 Å². The van der Waals surface area contributed by atoms with E-state index in [1.54, 1.807) is 0 Å². The van der Waals surface area contributed by atoms with Crippen molar-refractivity contribution in [2.24, 2.45) is 5.92 Å². The minimum absolute atomic E-state index is 0.283. The highest BCUT2D eigenvalue weighted by Gasteiger charge is 2.51. The third kappa shape index (κ3) is 30.6. The van der Waals surface area contributed by atoms with Crippen LogP contribution in [0.25, 0.3) is 0 Å². The van der Waals surface area contributed by atoms with Gasteiger partial charge in [-0.3, -0.25) is 14.1 Å². The Hall–Kier alpha value is -1.11. The highest BCUT2D eigenvalue weighted by atomic mass is 31.2. The summed E-state index contributed by atoms with van der Waals surface area (Å²) in [6.07, 6.45) is 29.8. The molecule has 0 aromatic rings. The van der Waals surface area contributed by atoms with Crippen molar-refractivity contribution in [2.45, 2.75) is 282 Å². The summed E-state index contributed by atoms with van der Waals surface area (Å²) in [6, 6.07) is -1.47. The minimum atomic E-state index is -5.22. The number of unbranched alkanes of at least 4 members (excludes halogenated alkanes) is 28. The summed E-state index contributed by atoms with van der Waals surface area (Å²) < 4.78 is 28.7. The first-order valence-corrected chi connectivity index (χ1v) is 26.9. The first-order valence-electron chi connectivity index (χ1n) is 25.3. The van der Waals surface area contributed by atoms with Crippen molar-refractivity contribution in [2.75, 3.05) is 6.61 Å². The maximum absolute atomic E-state index is 14.1. The Morgan fingerprint density at radius 2 is 0.951 bits per heavy atom.